The minimum atomic E-state index is -4.89. The molecule has 7 heteroatoms. The van der Waals surface area contributed by atoms with Crippen LogP contribution in [-0.4, -0.2) is 34.0 Å². The van der Waals surface area contributed by atoms with Gasteiger partial charge in [-0.05, 0) is 0 Å². The molecule has 0 radical (unpaired) electrons. The quantitative estimate of drug-likeness (QED) is 0.740. The van der Waals surface area contributed by atoms with Crippen LogP contribution in [0.15, 0.2) is 0 Å². The summed E-state index contributed by atoms with van der Waals surface area (Å²) in [4.78, 5) is 22.9. The summed E-state index contributed by atoms with van der Waals surface area (Å²) in [5, 5.41) is 1.96. The van der Waals surface area contributed by atoms with Gasteiger partial charge in [-0.25, -0.2) is 0 Å². The lowest BCUT2D eigenvalue weighted by atomic mass is 9.79. The molecular formula is C11H18F3N2O2+. The molecule has 1 heterocycles. The van der Waals surface area contributed by atoms with Gasteiger partial charge in [-0.3, -0.25) is 4.79 Å². The molecule has 0 bridgehead atoms. The van der Waals surface area contributed by atoms with E-state index in [0.29, 0.717) is 0 Å². The first-order valence-electron chi connectivity index (χ1n) is 5.71. The highest BCUT2D eigenvalue weighted by molar-refractivity contribution is 5.81. The van der Waals surface area contributed by atoms with Crippen LogP contribution >= 0.6 is 0 Å². The van der Waals surface area contributed by atoms with Gasteiger partial charge in [0.2, 0.25) is 11.1 Å². The fraction of sp³-hybridized carbons (Fsp3) is 0.909. The average molecular weight is 267 g/mol. The fourth-order valence-electron chi connectivity index (χ4n) is 2.63. The van der Waals surface area contributed by atoms with Crippen LogP contribution in [0.5, 0.6) is 0 Å². The highest BCUT2D eigenvalue weighted by atomic mass is 19.4. The zero-order valence-electron chi connectivity index (χ0n) is 10.9. The predicted molar refractivity (Wildman–Crippen MR) is 59.0 cm³/mol. The van der Waals surface area contributed by atoms with Crippen molar-refractivity contribution in [3.8, 4) is 0 Å². The molecule has 0 atom stereocenters. The fourth-order valence-corrected chi connectivity index (χ4v) is 2.63. The number of alkyl halides is 3. The van der Waals surface area contributed by atoms with E-state index in [1.54, 1.807) is 27.7 Å². The molecule has 18 heavy (non-hydrogen) atoms. The summed E-state index contributed by atoms with van der Waals surface area (Å²) < 4.78 is 37.4. The van der Waals surface area contributed by atoms with Gasteiger partial charge >= 0.3 is 12.1 Å². The van der Waals surface area contributed by atoms with Crippen molar-refractivity contribution in [3.05, 3.63) is 4.91 Å². The Labute approximate surface area is 103 Å². The Balaban J connectivity index is 2.82. The first kappa shape index (κ1) is 14.9. The molecule has 1 saturated heterocycles. The topological polar surface area (TPSA) is 49.2 Å². The lowest BCUT2D eigenvalue weighted by molar-refractivity contribution is -0.693. The molecule has 0 aromatic rings. The van der Waals surface area contributed by atoms with Crippen molar-refractivity contribution in [1.29, 1.82) is 0 Å². The number of nitroso groups, excluding NO2 is 1. The number of carbonyl (C=O) groups excluding carboxylic acids is 1. The number of nitrogens with zero attached hydrogens (tertiary/aromatic N) is 1. The molecule has 1 rings (SSSR count). The van der Waals surface area contributed by atoms with E-state index in [4.69, 9.17) is 0 Å². The number of hydrogen-bond acceptors (Lipinski definition) is 2. The van der Waals surface area contributed by atoms with E-state index in [1.165, 1.54) is 0 Å². The number of halogens is 3. The molecule has 0 saturated carbocycles. The molecule has 0 spiro atoms. The Morgan fingerprint density at radius 2 is 1.56 bits per heavy atom. The van der Waals surface area contributed by atoms with Gasteiger partial charge in [-0.2, -0.15) is 13.2 Å². The van der Waals surface area contributed by atoms with Crippen molar-refractivity contribution in [3.63, 3.8) is 0 Å². The molecule has 1 amide bonds. The minimum absolute atomic E-state index is 0.196. The van der Waals surface area contributed by atoms with Gasteiger partial charge in [0.15, 0.2) is 0 Å². The van der Waals surface area contributed by atoms with E-state index in [-0.39, 0.29) is 12.8 Å². The molecule has 0 aromatic carbocycles. The van der Waals surface area contributed by atoms with Gasteiger partial charge < -0.3 is 5.32 Å². The highest BCUT2D eigenvalue weighted by Crippen LogP contribution is 2.34. The maximum Gasteiger partial charge on any atom is 0.471 e. The smallest absolute Gasteiger partial charge is 0.345 e. The molecule has 1 N–H and O–H groups in total. The third kappa shape index (κ3) is 3.00. The van der Waals surface area contributed by atoms with Gasteiger partial charge in [0.05, 0.1) is 0 Å². The van der Waals surface area contributed by atoms with Crippen molar-refractivity contribution in [2.24, 2.45) is 0 Å². The van der Waals surface area contributed by atoms with E-state index >= 15 is 0 Å². The third-order valence-corrected chi connectivity index (χ3v) is 3.18. The molecule has 0 unspecified atom stereocenters. The summed E-state index contributed by atoms with van der Waals surface area (Å²) in [6, 6.07) is -0.644. The Morgan fingerprint density at radius 1 is 1.17 bits per heavy atom. The van der Waals surface area contributed by atoms with Crippen molar-refractivity contribution in [2.45, 2.75) is 63.8 Å². The van der Waals surface area contributed by atoms with Crippen molar-refractivity contribution in [2.75, 3.05) is 0 Å². The van der Waals surface area contributed by atoms with Crippen molar-refractivity contribution < 1.29 is 22.7 Å². The largest absolute Gasteiger partial charge is 0.471 e. The highest BCUT2D eigenvalue weighted by Gasteiger charge is 2.54. The van der Waals surface area contributed by atoms with Crippen LogP contribution < -0.4 is 5.32 Å². The Hall–Kier alpha value is -1.14. The van der Waals surface area contributed by atoms with E-state index in [2.05, 4.69) is 0 Å². The monoisotopic (exact) mass is 267 g/mol. The van der Waals surface area contributed by atoms with Gasteiger partial charge in [-0.1, -0.05) is 0 Å². The Morgan fingerprint density at radius 3 is 1.89 bits per heavy atom. The third-order valence-electron chi connectivity index (χ3n) is 3.18. The van der Waals surface area contributed by atoms with Gasteiger partial charge in [0, 0.05) is 56.2 Å². The summed E-state index contributed by atoms with van der Waals surface area (Å²) in [5.74, 6) is -1.95. The number of hydrogen-bond donors (Lipinski definition) is 1. The van der Waals surface area contributed by atoms with E-state index in [1.807, 2.05) is 5.32 Å². The molecule has 1 fully saturated rings. The summed E-state index contributed by atoms with van der Waals surface area (Å²) >= 11 is 0. The van der Waals surface area contributed by atoms with E-state index in [9.17, 15) is 22.9 Å². The number of nitrogens with one attached hydrogen (secondary N) is 1. The predicted octanol–water partition coefficient (Wildman–Crippen LogP) is 2.16. The second kappa shape index (κ2) is 4.20. The first-order chi connectivity index (χ1) is 7.86. The second-order valence-electron chi connectivity index (χ2n) is 6.00. The van der Waals surface area contributed by atoms with Crippen LogP contribution in [0.1, 0.15) is 40.5 Å². The SMILES string of the molecule is CC1(C)CC(NC(=O)C(F)(F)F)CC(C)(C)[N+]1=O. The number of piperidine rings is 1. The van der Waals surface area contributed by atoms with Gasteiger partial charge in [-0.15, -0.1) is 0 Å². The maximum atomic E-state index is 12.2. The van der Waals surface area contributed by atoms with Crippen molar-refractivity contribution >= 4 is 5.91 Å². The lowest BCUT2D eigenvalue weighted by Gasteiger charge is -2.36. The summed E-state index contributed by atoms with van der Waals surface area (Å²) in [6.45, 7) is 6.64. The van der Waals surface area contributed by atoms with Crippen LogP contribution in [0.2, 0.25) is 0 Å². The number of rotatable bonds is 1. The second-order valence-corrected chi connectivity index (χ2v) is 6.00. The molecule has 1 aliphatic heterocycles. The van der Waals surface area contributed by atoms with E-state index in [0.717, 1.165) is 4.76 Å². The van der Waals surface area contributed by atoms with Gasteiger partial charge in [0.1, 0.15) is 0 Å². The standard InChI is InChI=1S/C11H17F3N2O2/c1-9(2)5-7(6-10(3,4)16(9)18)15-8(17)11(12,13)14/h7H,5-6H2,1-4H3/p+1. The van der Waals surface area contributed by atoms with Gasteiger partial charge in [0.25, 0.3) is 0 Å². The number of carbonyl (C=O) groups is 1. The Bertz CT molecular complexity index is 355. The van der Waals surface area contributed by atoms with Crippen LogP contribution in [0.25, 0.3) is 0 Å². The molecule has 104 valence electrons. The first-order valence-corrected chi connectivity index (χ1v) is 5.71. The molecule has 0 aliphatic carbocycles. The van der Waals surface area contributed by atoms with Crippen LogP contribution in [-0.2, 0) is 4.79 Å². The molecule has 4 nitrogen and oxygen atoms in total. The zero-order chi connectivity index (χ0) is 14.4. The normalized spacial score (nSPS) is 23.8. The van der Waals surface area contributed by atoms with Crippen LogP contribution in [0.3, 0.4) is 0 Å². The summed E-state index contributed by atoms with van der Waals surface area (Å²) in [5.41, 5.74) is -1.60. The lowest BCUT2D eigenvalue weighted by Crippen LogP contribution is -2.60. The average Bonchev–Trinajstić information content (AvgIpc) is 2.11. The molecule has 1 aliphatic rings. The van der Waals surface area contributed by atoms with Crippen molar-refractivity contribution in [1.82, 2.24) is 5.32 Å². The minimum Gasteiger partial charge on any atom is -0.345 e. The number of amides is 1. The molecule has 0 aromatic heterocycles. The van der Waals surface area contributed by atoms with E-state index < -0.39 is 29.2 Å². The Kier molecular flexibility index (Phi) is 3.49. The van der Waals surface area contributed by atoms with Crippen LogP contribution in [0, 0.1) is 4.91 Å². The summed E-state index contributed by atoms with van der Waals surface area (Å²) in [6.07, 6.45) is -4.49. The van der Waals surface area contributed by atoms with Crippen LogP contribution in [0.4, 0.5) is 13.2 Å². The zero-order valence-corrected chi connectivity index (χ0v) is 10.9. The molecular weight excluding hydrogens is 249 g/mol. The summed E-state index contributed by atoms with van der Waals surface area (Å²) in [7, 11) is 0. The maximum absolute atomic E-state index is 12.2.